The van der Waals surface area contributed by atoms with Gasteiger partial charge in [-0.2, -0.15) is 0 Å². The molecule has 1 unspecified atom stereocenters. The number of nitrogens with one attached hydrogen (secondary N) is 1. The monoisotopic (exact) mass is 556 g/mol. The molecular weight excluding hydrogens is 526 g/mol. The quantitative estimate of drug-likeness (QED) is 0.348. The molecule has 2 fully saturated rings. The number of amides is 1. The number of imidazole rings is 1. The molecule has 8 nitrogen and oxygen atoms in total. The first-order valence-corrected chi connectivity index (χ1v) is 10.9. The van der Waals surface area contributed by atoms with Crippen LogP contribution in [0.3, 0.4) is 0 Å². The van der Waals surface area contributed by atoms with E-state index in [-0.39, 0.29) is 41.8 Å². The van der Waals surface area contributed by atoms with E-state index in [1.54, 1.807) is 29.4 Å². The summed E-state index contributed by atoms with van der Waals surface area (Å²) in [5, 5.41) is 3.31. The molecule has 1 aromatic carbocycles. The smallest absolute Gasteiger partial charge is 0.251 e. The Balaban J connectivity index is 0.00000289. The van der Waals surface area contributed by atoms with Crippen LogP contribution in [0.25, 0.3) is 5.69 Å². The van der Waals surface area contributed by atoms with Crippen molar-refractivity contribution >= 4 is 35.8 Å². The first-order chi connectivity index (χ1) is 15.2. The number of nitrogens with zero attached hydrogens (tertiary/aromatic N) is 5. The van der Waals surface area contributed by atoms with Crippen molar-refractivity contribution in [1.82, 2.24) is 24.7 Å². The Kier molecular flexibility index (Phi) is 8.85. The Labute approximate surface area is 204 Å². The number of carbonyl (C=O) groups excluding carboxylic acids is 1. The average molecular weight is 556 g/mol. The van der Waals surface area contributed by atoms with Crippen molar-refractivity contribution in [3.8, 4) is 5.69 Å². The van der Waals surface area contributed by atoms with Gasteiger partial charge in [-0.15, -0.1) is 24.0 Å². The van der Waals surface area contributed by atoms with E-state index >= 15 is 0 Å². The zero-order valence-corrected chi connectivity index (χ0v) is 20.6. The van der Waals surface area contributed by atoms with Crippen LogP contribution < -0.4 is 5.32 Å². The first-order valence-electron chi connectivity index (χ1n) is 10.9. The van der Waals surface area contributed by atoms with Gasteiger partial charge in [0.25, 0.3) is 5.91 Å². The molecule has 0 bridgehead atoms. The van der Waals surface area contributed by atoms with Crippen LogP contribution in [0.4, 0.5) is 4.39 Å². The molecule has 32 heavy (non-hydrogen) atoms. The Morgan fingerprint density at radius 1 is 1.28 bits per heavy atom. The van der Waals surface area contributed by atoms with Crippen LogP contribution in [0.5, 0.6) is 0 Å². The van der Waals surface area contributed by atoms with E-state index in [9.17, 15) is 9.18 Å². The van der Waals surface area contributed by atoms with Crippen molar-refractivity contribution in [2.45, 2.75) is 32.4 Å². The van der Waals surface area contributed by atoms with Gasteiger partial charge < -0.3 is 24.4 Å². The minimum absolute atomic E-state index is 0. The van der Waals surface area contributed by atoms with E-state index in [0.717, 1.165) is 30.9 Å². The second-order valence-electron chi connectivity index (χ2n) is 7.74. The predicted molar refractivity (Wildman–Crippen MR) is 131 cm³/mol. The number of benzene rings is 1. The summed E-state index contributed by atoms with van der Waals surface area (Å²) in [6.45, 7) is 6.52. The number of aromatic nitrogens is 2. The van der Waals surface area contributed by atoms with Crippen molar-refractivity contribution in [1.29, 1.82) is 0 Å². The summed E-state index contributed by atoms with van der Waals surface area (Å²) in [7, 11) is 0. The molecule has 174 valence electrons. The van der Waals surface area contributed by atoms with Crippen LogP contribution in [0.2, 0.25) is 0 Å². The molecule has 1 N–H and O–H groups in total. The van der Waals surface area contributed by atoms with E-state index in [1.807, 2.05) is 17.9 Å². The highest BCUT2D eigenvalue weighted by molar-refractivity contribution is 14.0. The van der Waals surface area contributed by atoms with E-state index in [0.29, 0.717) is 45.0 Å². The number of rotatable bonds is 5. The molecule has 2 saturated heterocycles. The highest BCUT2D eigenvalue weighted by Crippen LogP contribution is 2.17. The Bertz CT molecular complexity index is 909. The summed E-state index contributed by atoms with van der Waals surface area (Å²) in [5.41, 5.74) is 1.26. The lowest BCUT2D eigenvalue weighted by Gasteiger charge is -2.37. The third kappa shape index (κ3) is 5.77. The van der Waals surface area contributed by atoms with Crippen molar-refractivity contribution < 1.29 is 13.9 Å². The van der Waals surface area contributed by atoms with Gasteiger partial charge in [-0.25, -0.2) is 14.4 Å². The molecule has 3 heterocycles. The number of hydrogen-bond donors (Lipinski definition) is 1. The molecule has 0 radical (unpaired) electrons. The van der Waals surface area contributed by atoms with Crippen molar-refractivity contribution in [2.75, 3.05) is 39.3 Å². The third-order valence-electron chi connectivity index (χ3n) is 5.64. The van der Waals surface area contributed by atoms with Gasteiger partial charge in [-0.3, -0.25) is 4.79 Å². The van der Waals surface area contributed by atoms with Crippen LogP contribution in [0.15, 0.2) is 41.9 Å². The maximum Gasteiger partial charge on any atom is 0.251 e. The zero-order valence-electron chi connectivity index (χ0n) is 18.2. The molecular formula is C22H30FIN6O2. The number of halogens is 2. The molecule has 2 aliphatic rings. The van der Waals surface area contributed by atoms with E-state index in [1.165, 1.54) is 6.07 Å². The fourth-order valence-electron chi connectivity index (χ4n) is 3.97. The molecule has 0 spiro atoms. The Morgan fingerprint density at radius 3 is 2.69 bits per heavy atom. The normalized spacial score (nSPS) is 19.1. The Morgan fingerprint density at radius 2 is 2.06 bits per heavy atom. The van der Waals surface area contributed by atoms with Gasteiger partial charge in [0.05, 0.1) is 18.6 Å². The van der Waals surface area contributed by atoms with E-state index in [4.69, 9.17) is 9.73 Å². The standard InChI is InChI=1S/C22H29FN6O2.HI/c1-2-25-22(28-11-9-27(10-12-28)21(30)20-4-3-13-31-20)26-15-17-5-6-19(18(23)14-17)29-8-7-24-16-29;/h5-8,14,16,20H,2-4,9-13,15H2,1H3,(H,25,26);1H. The molecule has 0 saturated carbocycles. The minimum atomic E-state index is -0.308. The van der Waals surface area contributed by atoms with Gasteiger partial charge in [-0.05, 0) is 37.5 Å². The van der Waals surface area contributed by atoms with E-state index in [2.05, 4.69) is 15.2 Å². The molecule has 1 amide bonds. The van der Waals surface area contributed by atoms with Gasteiger partial charge in [0.2, 0.25) is 0 Å². The minimum Gasteiger partial charge on any atom is -0.368 e. The summed E-state index contributed by atoms with van der Waals surface area (Å²) < 4.78 is 21.7. The summed E-state index contributed by atoms with van der Waals surface area (Å²) in [5.74, 6) is 0.579. The van der Waals surface area contributed by atoms with E-state index < -0.39 is 0 Å². The third-order valence-corrected chi connectivity index (χ3v) is 5.64. The maximum absolute atomic E-state index is 14.5. The fraction of sp³-hybridized carbons (Fsp3) is 0.500. The van der Waals surface area contributed by atoms with Gasteiger partial charge in [0.15, 0.2) is 5.96 Å². The molecule has 4 rings (SSSR count). The first kappa shape index (κ1) is 24.4. The molecule has 2 aliphatic heterocycles. The number of hydrogen-bond acceptors (Lipinski definition) is 4. The molecule has 2 aromatic rings. The van der Waals surface area contributed by atoms with Crippen LogP contribution in [-0.2, 0) is 16.1 Å². The van der Waals surface area contributed by atoms with Gasteiger partial charge >= 0.3 is 0 Å². The SMILES string of the molecule is CCNC(=NCc1ccc(-n2ccnc2)c(F)c1)N1CCN(C(=O)C2CCCO2)CC1.I. The lowest BCUT2D eigenvalue weighted by Crippen LogP contribution is -2.55. The Hall–Kier alpha value is -2.21. The van der Waals surface area contributed by atoms with Gasteiger partial charge in [0, 0.05) is 51.7 Å². The fourth-order valence-corrected chi connectivity index (χ4v) is 3.97. The highest BCUT2D eigenvalue weighted by atomic mass is 127. The topological polar surface area (TPSA) is 75.0 Å². The second kappa shape index (κ2) is 11.6. The van der Waals surface area contributed by atoms with Gasteiger partial charge in [-0.1, -0.05) is 6.07 Å². The second-order valence-corrected chi connectivity index (χ2v) is 7.74. The summed E-state index contributed by atoms with van der Waals surface area (Å²) in [4.78, 5) is 25.3. The van der Waals surface area contributed by atoms with Crippen molar-refractivity contribution in [3.63, 3.8) is 0 Å². The molecule has 1 aromatic heterocycles. The summed E-state index contributed by atoms with van der Waals surface area (Å²) >= 11 is 0. The maximum atomic E-state index is 14.5. The largest absolute Gasteiger partial charge is 0.368 e. The number of carbonyl (C=O) groups is 1. The molecule has 1 atom stereocenters. The van der Waals surface area contributed by atoms with Gasteiger partial charge in [0.1, 0.15) is 11.9 Å². The number of ether oxygens (including phenoxy) is 1. The van der Waals surface area contributed by atoms with Crippen LogP contribution in [-0.4, -0.2) is 76.7 Å². The lowest BCUT2D eigenvalue weighted by molar-refractivity contribution is -0.142. The average Bonchev–Trinajstić information content (AvgIpc) is 3.51. The van der Waals surface area contributed by atoms with Crippen molar-refractivity contribution in [2.24, 2.45) is 4.99 Å². The molecule has 0 aliphatic carbocycles. The lowest BCUT2D eigenvalue weighted by atomic mass is 10.2. The number of guanidine groups is 1. The van der Waals surface area contributed by atoms with Crippen LogP contribution >= 0.6 is 24.0 Å². The summed E-state index contributed by atoms with van der Waals surface area (Å²) in [6.07, 6.45) is 6.41. The predicted octanol–water partition coefficient (Wildman–Crippen LogP) is 2.42. The summed E-state index contributed by atoms with van der Waals surface area (Å²) in [6, 6.07) is 5.13. The zero-order chi connectivity index (χ0) is 21.6. The van der Waals surface area contributed by atoms with Crippen LogP contribution in [0.1, 0.15) is 25.3 Å². The van der Waals surface area contributed by atoms with Crippen molar-refractivity contribution in [3.05, 3.63) is 48.3 Å². The number of aliphatic imine (C=N–C) groups is 1. The number of piperazine rings is 1. The highest BCUT2D eigenvalue weighted by Gasteiger charge is 2.30. The van der Waals surface area contributed by atoms with Crippen LogP contribution in [0, 0.1) is 5.82 Å². The molecule has 10 heteroatoms.